The third kappa shape index (κ3) is 3.29. The van der Waals surface area contributed by atoms with Crippen molar-refractivity contribution in [2.24, 2.45) is 5.73 Å². The van der Waals surface area contributed by atoms with Crippen molar-refractivity contribution >= 4 is 51.0 Å². The Morgan fingerprint density at radius 2 is 2.10 bits per heavy atom. The van der Waals surface area contributed by atoms with E-state index >= 15 is 0 Å². The van der Waals surface area contributed by atoms with Gasteiger partial charge in [0.05, 0.1) is 22.0 Å². The monoisotopic (exact) mass is 325 g/mol. The van der Waals surface area contributed by atoms with Gasteiger partial charge in [-0.15, -0.1) is 11.3 Å². The zero-order chi connectivity index (χ0) is 14.9. The number of hydrogen-bond donors (Lipinski definition) is 2. The summed E-state index contributed by atoms with van der Waals surface area (Å²) >= 11 is 12.7. The van der Waals surface area contributed by atoms with E-state index in [0.717, 1.165) is 16.5 Å². The maximum Gasteiger partial charge on any atom is 0.187 e. The predicted molar refractivity (Wildman–Crippen MR) is 91.4 cm³/mol. The number of hydrogen-bond acceptors (Lipinski definition) is 4. The molecule has 1 aromatic heterocycles. The molecule has 2 rings (SSSR count). The van der Waals surface area contributed by atoms with Crippen LogP contribution in [-0.2, 0) is 5.41 Å². The molecule has 0 spiro atoms. The maximum absolute atomic E-state index is 6.14. The Labute approximate surface area is 133 Å². The molecule has 0 aliphatic carbocycles. The van der Waals surface area contributed by atoms with Crippen LogP contribution in [0.2, 0.25) is 5.02 Å². The summed E-state index contributed by atoms with van der Waals surface area (Å²) in [5.74, 6) is 0. The second-order valence-electron chi connectivity index (χ2n) is 5.44. The van der Waals surface area contributed by atoms with Crippen molar-refractivity contribution in [2.45, 2.75) is 26.2 Å². The minimum Gasteiger partial charge on any atom is -0.389 e. The van der Waals surface area contributed by atoms with E-state index in [1.165, 1.54) is 0 Å². The van der Waals surface area contributed by atoms with Crippen LogP contribution in [0.3, 0.4) is 0 Å². The fraction of sp³-hybridized carbons (Fsp3) is 0.286. The molecule has 0 amide bonds. The number of aromatic nitrogens is 1. The quantitative estimate of drug-likeness (QED) is 0.817. The summed E-state index contributed by atoms with van der Waals surface area (Å²) in [6, 6.07) is 5.51. The summed E-state index contributed by atoms with van der Waals surface area (Å²) in [4.78, 5) is 4.86. The van der Waals surface area contributed by atoms with Gasteiger partial charge in [-0.05, 0) is 12.1 Å². The van der Waals surface area contributed by atoms with Gasteiger partial charge in [-0.3, -0.25) is 0 Å². The van der Waals surface area contributed by atoms with E-state index in [1.807, 2.05) is 17.5 Å². The largest absolute Gasteiger partial charge is 0.389 e. The lowest BCUT2D eigenvalue weighted by Crippen LogP contribution is -2.13. The summed E-state index contributed by atoms with van der Waals surface area (Å²) in [5, 5.41) is 6.63. The Bertz CT molecular complexity index is 644. The molecule has 3 nitrogen and oxygen atoms in total. The number of rotatable bonds is 3. The molecule has 0 aliphatic heterocycles. The molecule has 1 aromatic carbocycles. The number of halogens is 1. The first-order chi connectivity index (χ1) is 9.29. The van der Waals surface area contributed by atoms with E-state index in [9.17, 15) is 0 Å². The molecular formula is C14H16ClN3S2. The number of nitrogens with one attached hydrogen (secondary N) is 1. The van der Waals surface area contributed by atoms with E-state index in [-0.39, 0.29) is 10.4 Å². The molecule has 0 unspecified atom stereocenters. The van der Waals surface area contributed by atoms with E-state index in [0.29, 0.717) is 10.6 Å². The number of nitrogens with zero attached hydrogens (tertiary/aromatic N) is 1. The second kappa shape index (κ2) is 5.68. The van der Waals surface area contributed by atoms with Crippen molar-refractivity contribution < 1.29 is 0 Å². The molecule has 0 fully saturated rings. The second-order valence-corrected chi connectivity index (χ2v) is 7.14. The highest BCUT2D eigenvalue weighted by Gasteiger charge is 2.18. The Balaban J connectivity index is 2.34. The molecule has 3 N–H and O–H groups in total. The molecule has 0 radical (unpaired) electrons. The van der Waals surface area contributed by atoms with E-state index in [1.54, 1.807) is 17.4 Å². The highest BCUT2D eigenvalue weighted by Crippen LogP contribution is 2.31. The molecule has 6 heteroatoms. The van der Waals surface area contributed by atoms with Crippen molar-refractivity contribution in [3.05, 3.63) is 39.9 Å². The minimum absolute atomic E-state index is 0.0246. The summed E-state index contributed by atoms with van der Waals surface area (Å²) in [6.45, 7) is 6.39. The highest BCUT2D eigenvalue weighted by atomic mass is 35.5. The fourth-order valence-corrected chi connectivity index (χ4v) is 3.17. The van der Waals surface area contributed by atoms with E-state index in [4.69, 9.17) is 29.6 Å². The molecule has 106 valence electrons. The third-order valence-electron chi connectivity index (χ3n) is 2.77. The molecule has 0 atom stereocenters. The van der Waals surface area contributed by atoms with Gasteiger partial charge in [0.2, 0.25) is 0 Å². The summed E-state index contributed by atoms with van der Waals surface area (Å²) in [5.41, 5.74) is 8.23. The van der Waals surface area contributed by atoms with Crippen LogP contribution < -0.4 is 11.1 Å². The molecule has 0 bridgehead atoms. The Morgan fingerprint density at radius 3 is 2.65 bits per heavy atom. The minimum atomic E-state index is 0.0246. The summed E-state index contributed by atoms with van der Waals surface area (Å²) < 4.78 is 0. The van der Waals surface area contributed by atoms with Gasteiger partial charge in [0.15, 0.2) is 5.13 Å². The number of anilines is 2. The van der Waals surface area contributed by atoms with Gasteiger partial charge in [-0.1, -0.05) is 50.7 Å². The van der Waals surface area contributed by atoms with Crippen LogP contribution in [0.4, 0.5) is 10.8 Å². The molecule has 0 aliphatic rings. The third-order valence-corrected chi connectivity index (χ3v) is 4.05. The fourth-order valence-electron chi connectivity index (χ4n) is 1.67. The molecule has 0 saturated carbocycles. The van der Waals surface area contributed by atoms with Gasteiger partial charge in [0.1, 0.15) is 4.99 Å². The van der Waals surface area contributed by atoms with Crippen LogP contribution in [0.25, 0.3) is 0 Å². The van der Waals surface area contributed by atoms with Crippen LogP contribution in [0.15, 0.2) is 23.6 Å². The number of thiazole rings is 1. The molecular weight excluding hydrogens is 310 g/mol. The first-order valence-electron chi connectivity index (χ1n) is 6.10. The van der Waals surface area contributed by atoms with Gasteiger partial charge >= 0.3 is 0 Å². The van der Waals surface area contributed by atoms with Gasteiger partial charge < -0.3 is 11.1 Å². The zero-order valence-corrected chi connectivity index (χ0v) is 13.9. The highest BCUT2D eigenvalue weighted by molar-refractivity contribution is 7.80. The lowest BCUT2D eigenvalue weighted by Gasteiger charge is -2.14. The average molecular weight is 326 g/mol. The first kappa shape index (κ1) is 15.2. The van der Waals surface area contributed by atoms with Crippen molar-refractivity contribution in [2.75, 3.05) is 5.32 Å². The molecule has 2 aromatic rings. The molecule has 0 saturated heterocycles. The van der Waals surface area contributed by atoms with Gasteiger partial charge in [0.25, 0.3) is 0 Å². The van der Waals surface area contributed by atoms with Crippen molar-refractivity contribution in [3.8, 4) is 0 Å². The lowest BCUT2D eigenvalue weighted by atomic mass is 9.93. The number of thiocarbonyl (C=S) groups is 1. The van der Waals surface area contributed by atoms with Crippen molar-refractivity contribution in [1.82, 2.24) is 4.98 Å². The Kier molecular flexibility index (Phi) is 4.32. The number of benzene rings is 1. The van der Waals surface area contributed by atoms with E-state index < -0.39 is 0 Å². The Morgan fingerprint density at radius 1 is 1.40 bits per heavy atom. The number of nitrogens with two attached hydrogens (primary N) is 1. The molecule has 20 heavy (non-hydrogen) atoms. The lowest BCUT2D eigenvalue weighted by molar-refractivity contribution is 0.573. The van der Waals surface area contributed by atoms with Crippen molar-refractivity contribution in [3.63, 3.8) is 0 Å². The van der Waals surface area contributed by atoms with Crippen LogP contribution in [-0.4, -0.2) is 9.97 Å². The van der Waals surface area contributed by atoms with Gasteiger partial charge in [0, 0.05) is 10.8 Å². The zero-order valence-electron chi connectivity index (χ0n) is 11.5. The standard InChI is InChI=1S/C14H16ClN3S2/c1-14(2,3)10-7-20-13(18-10)17-9-6-4-5-8(15)11(9)12(16)19/h4-7H,1-3H3,(H2,16,19)(H,17,18). The van der Waals surface area contributed by atoms with E-state index in [2.05, 4.69) is 31.1 Å². The topological polar surface area (TPSA) is 50.9 Å². The average Bonchev–Trinajstić information content (AvgIpc) is 2.76. The Hall–Kier alpha value is -1.17. The smallest absolute Gasteiger partial charge is 0.187 e. The van der Waals surface area contributed by atoms with Gasteiger partial charge in [-0.2, -0.15) is 0 Å². The predicted octanol–water partition coefficient (Wildman–Crippen LogP) is 4.47. The summed E-state index contributed by atoms with van der Waals surface area (Å²) in [6.07, 6.45) is 0. The SMILES string of the molecule is CC(C)(C)c1csc(Nc2cccc(Cl)c2C(N)=S)n1. The van der Waals surface area contributed by atoms with Crippen LogP contribution in [0.5, 0.6) is 0 Å². The normalized spacial score (nSPS) is 11.4. The first-order valence-corrected chi connectivity index (χ1v) is 7.77. The van der Waals surface area contributed by atoms with Gasteiger partial charge in [-0.25, -0.2) is 4.98 Å². The van der Waals surface area contributed by atoms with Crippen LogP contribution in [0, 0.1) is 0 Å². The summed E-state index contributed by atoms with van der Waals surface area (Å²) in [7, 11) is 0. The maximum atomic E-state index is 6.14. The van der Waals surface area contributed by atoms with Crippen LogP contribution >= 0.6 is 35.2 Å². The van der Waals surface area contributed by atoms with Crippen LogP contribution in [0.1, 0.15) is 32.0 Å². The van der Waals surface area contributed by atoms with Crippen molar-refractivity contribution in [1.29, 1.82) is 0 Å². The molecule has 1 heterocycles.